The molecule has 0 heterocycles. The molecule has 0 aliphatic rings. The molecule has 14 heteroatoms. The van der Waals surface area contributed by atoms with Crippen LogP contribution in [-0.4, -0.2) is 50.3 Å². The quantitative estimate of drug-likeness (QED) is 0.0326. The minimum absolute atomic E-state index is 0.0220. The van der Waals surface area contributed by atoms with Crippen molar-refractivity contribution in [2.75, 3.05) is 49.4 Å². The summed E-state index contributed by atoms with van der Waals surface area (Å²) < 4.78 is 30.7. The first-order valence-corrected chi connectivity index (χ1v) is 16.5. The molecule has 8 N–H and O–H groups in total. The summed E-state index contributed by atoms with van der Waals surface area (Å²) in [5.41, 5.74) is 26.8. The van der Waals surface area contributed by atoms with Crippen LogP contribution in [0, 0.1) is 0 Å². The maximum Gasteiger partial charge on any atom is 0.333 e. The maximum atomic E-state index is 11.7. The van der Waals surface area contributed by atoms with Crippen LogP contribution in [0.2, 0.25) is 0 Å². The molecule has 4 rings (SSSR count). The van der Waals surface area contributed by atoms with Gasteiger partial charge in [0.15, 0.2) is 0 Å². The SMILES string of the molecule is C=C(C)C(=O)OCCOC(=O)/C=C/c1ccc(Oc2cc(N)cc(N)c2)cc1.C=CC(=O)OCCOC(=O)/C=C/c1ccc(Oc2cc(N)cc(N)c2)cc1. The Morgan fingerprint density at radius 2 is 0.873 bits per heavy atom. The van der Waals surface area contributed by atoms with Crippen molar-refractivity contribution in [1.29, 1.82) is 0 Å². The van der Waals surface area contributed by atoms with Crippen LogP contribution < -0.4 is 32.4 Å². The van der Waals surface area contributed by atoms with E-state index >= 15 is 0 Å². The molecule has 0 saturated heterocycles. The molecule has 0 spiro atoms. The Morgan fingerprint density at radius 3 is 1.22 bits per heavy atom. The molecule has 0 aliphatic carbocycles. The highest BCUT2D eigenvalue weighted by molar-refractivity contribution is 5.88. The predicted octanol–water partition coefficient (Wildman–Crippen LogP) is 6.25. The average molecular weight is 751 g/mol. The number of anilines is 4. The molecule has 0 aromatic heterocycles. The van der Waals surface area contributed by atoms with Gasteiger partial charge in [-0.2, -0.15) is 0 Å². The van der Waals surface area contributed by atoms with E-state index in [2.05, 4.69) is 13.2 Å². The summed E-state index contributed by atoms with van der Waals surface area (Å²) in [6.07, 6.45) is 6.81. The van der Waals surface area contributed by atoms with E-state index in [0.29, 0.717) is 45.7 Å². The van der Waals surface area contributed by atoms with Gasteiger partial charge >= 0.3 is 23.9 Å². The van der Waals surface area contributed by atoms with Gasteiger partial charge in [-0.3, -0.25) is 0 Å². The highest BCUT2D eigenvalue weighted by Gasteiger charge is 2.05. The monoisotopic (exact) mass is 750 g/mol. The van der Waals surface area contributed by atoms with Crippen LogP contribution in [0.5, 0.6) is 23.0 Å². The Labute approximate surface area is 318 Å². The Bertz CT molecular complexity index is 1980. The normalized spacial score (nSPS) is 10.4. The molecule has 286 valence electrons. The fraction of sp³-hybridized carbons (Fsp3) is 0.122. The number of hydrogen-bond donors (Lipinski definition) is 4. The van der Waals surface area contributed by atoms with Crippen molar-refractivity contribution in [3.8, 4) is 23.0 Å². The van der Waals surface area contributed by atoms with E-state index in [1.165, 1.54) is 19.1 Å². The first-order chi connectivity index (χ1) is 26.3. The molecule has 0 amide bonds. The number of benzene rings is 4. The Kier molecular flexibility index (Phi) is 16.6. The number of esters is 4. The average Bonchev–Trinajstić information content (AvgIpc) is 3.13. The topological polar surface area (TPSA) is 228 Å². The van der Waals surface area contributed by atoms with Gasteiger partial charge in [-0.05, 0) is 66.6 Å². The molecule has 0 fully saturated rings. The second-order valence-corrected chi connectivity index (χ2v) is 11.3. The summed E-state index contributed by atoms with van der Waals surface area (Å²) in [5, 5.41) is 0. The zero-order valence-electron chi connectivity index (χ0n) is 30.1. The summed E-state index contributed by atoms with van der Waals surface area (Å²) >= 11 is 0. The van der Waals surface area contributed by atoms with E-state index in [-0.39, 0.29) is 32.0 Å². The van der Waals surface area contributed by atoms with Gasteiger partial charge in [0.2, 0.25) is 0 Å². The molecule has 55 heavy (non-hydrogen) atoms. The van der Waals surface area contributed by atoms with Crippen LogP contribution in [0.4, 0.5) is 22.7 Å². The lowest BCUT2D eigenvalue weighted by atomic mass is 10.2. The van der Waals surface area contributed by atoms with Gasteiger partial charge in [0.1, 0.15) is 49.4 Å². The number of hydrogen-bond acceptors (Lipinski definition) is 14. The predicted molar refractivity (Wildman–Crippen MR) is 210 cm³/mol. The van der Waals surface area contributed by atoms with Crippen molar-refractivity contribution >= 4 is 58.8 Å². The number of ether oxygens (including phenoxy) is 6. The molecule has 0 atom stereocenters. The van der Waals surface area contributed by atoms with Gasteiger partial charge in [0, 0.05) is 70.8 Å². The highest BCUT2D eigenvalue weighted by atomic mass is 16.6. The largest absolute Gasteiger partial charge is 0.459 e. The van der Waals surface area contributed by atoms with E-state index in [9.17, 15) is 19.2 Å². The molecule has 14 nitrogen and oxygen atoms in total. The molecule has 0 bridgehead atoms. The Balaban J connectivity index is 0.000000296. The van der Waals surface area contributed by atoms with Crippen molar-refractivity contribution in [2.45, 2.75) is 6.92 Å². The summed E-state index contributed by atoms with van der Waals surface area (Å²) in [4.78, 5) is 45.2. The summed E-state index contributed by atoms with van der Waals surface area (Å²) in [5.74, 6) is 0.114. The third kappa shape index (κ3) is 16.6. The molecular weight excluding hydrogens is 708 g/mol. The highest BCUT2D eigenvalue weighted by Crippen LogP contribution is 2.27. The number of rotatable bonds is 16. The number of nitrogens with two attached hydrogens (primary N) is 4. The summed E-state index contributed by atoms with van der Waals surface area (Å²) in [6, 6.07) is 24.1. The van der Waals surface area contributed by atoms with E-state index in [1.807, 2.05) is 0 Å². The Hall–Kier alpha value is -7.48. The van der Waals surface area contributed by atoms with Gasteiger partial charge < -0.3 is 51.4 Å². The Morgan fingerprint density at radius 1 is 0.527 bits per heavy atom. The van der Waals surface area contributed by atoms with E-state index in [4.69, 9.17) is 51.4 Å². The number of carbonyl (C=O) groups is 4. The fourth-order valence-corrected chi connectivity index (χ4v) is 4.14. The summed E-state index contributed by atoms with van der Waals surface area (Å²) in [7, 11) is 0. The lowest BCUT2D eigenvalue weighted by Crippen LogP contribution is -2.12. The van der Waals surface area contributed by atoms with Gasteiger partial charge in [-0.25, -0.2) is 19.2 Å². The molecule has 0 radical (unpaired) electrons. The van der Waals surface area contributed by atoms with Crippen molar-refractivity contribution in [2.24, 2.45) is 0 Å². The van der Waals surface area contributed by atoms with Crippen LogP contribution in [0.1, 0.15) is 18.1 Å². The van der Waals surface area contributed by atoms with E-state index in [1.54, 1.807) is 97.1 Å². The minimum Gasteiger partial charge on any atom is -0.459 e. The molecular formula is C41H42N4O10. The van der Waals surface area contributed by atoms with Crippen molar-refractivity contribution in [1.82, 2.24) is 0 Å². The van der Waals surface area contributed by atoms with Crippen LogP contribution >= 0.6 is 0 Å². The molecule has 0 saturated carbocycles. The summed E-state index contributed by atoms with van der Waals surface area (Å²) in [6.45, 7) is 8.15. The first kappa shape index (κ1) is 41.9. The van der Waals surface area contributed by atoms with E-state index in [0.717, 1.165) is 17.2 Å². The third-order valence-corrected chi connectivity index (χ3v) is 6.61. The smallest absolute Gasteiger partial charge is 0.333 e. The second kappa shape index (κ2) is 21.8. The lowest BCUT2D eigenvalue weighted by molar-refractivity contribution is -0.146. The molecule has 0 unspecified atom stereocenters. The zero-order valence-corrected chi connectivity index (χ0v) is 30.1. The number of carbonyl (C=O) groups excluding carboxylic acids is 4. The van der Waals surface area contributed by atoms with Gasteiger partial charge in [-0.15, -0.1) is 0 Å². The van der Waals surface area contributed by atoms with Gasteiger partial charge in [-0.1, -0.05) is 37.4 Å². The van der Waals surface area contributed by atoms with Crippen LogP contribution in [0.15, 0.2) is 122 Å². The minimum atomic E-state index is -0.565. The lowest BCUT2D eigenvalue weighted by Gasteiger charge is -2.08. The van der Waals surface area contributed by atoms with Crippen molar-refractivity contribution in [3.05, 3.63) is 133 Å². The van der Waals surface area contributed by atoms with Crippen LogP contribution in [0.25, 0.3) is 12.2 Å². The van der Waals surface area contributed by atoms with Crippen molar-refractivity contribution < 1.29 is 47.6 Å². The zero-order chi connectivity index (χ0) is 40.2. The number of nitrogen functional groups attached to an aromatic ring is 4. The third-order valence-electron chi connectivity index (χ3n) is 6.61. The van der Waals surface area contributed by atoms with Crippen LogP contribution in [0.3, 0.4) is 0 Å². The maximum absolute atomic E-state index is 11.7. The van der Waals surface area contributed by atoms with Gasteiger partial charge in [0.05, 0.1) is 0 Å². The van der Waals surface area contributed by atoms with E-state index < -0.39 is 23.9 Å². The standard InChI is InChI=1S/C21H22N2O5.C20H20N2O5/c1-14(2)21(25)27-10-9-26-20(24)8-5-15-3-6-18(7-4-15)28-19-12-16(22)11-17(23)13-19;1-2-19(23)25-9-10-26-20(24)8-5-14-3-6-17(7-4-14)27-18-12-15(21)11-16(22)13-18/h3-8,11-13H,1,9-10,22-23H2,2H3;2-8,11-13H,1,9-10,21-22H2/b2*8-5+. The molecule has 4 aromatic carbocycles. The molecule has 4 aromatic rings. The molecule has 0 aliphatic heterocycles. The second-order valence-electron chi connectivity index (χ2n) is 11.3. The van der Waals surface area contributed by atoms with Crippen LogP contribution in [-0.2, 0) is 38.1 Å². The fourth-order valence-electron chi connectivity index (χ4n) is 4.14. The first-order valence-electron chi connectivity index (χ1n) is 16.5. The van der Waals surface area contributed by atoms with Gasteiger partial charge in [0.25, 0.3) is 0 Å². The van der Waals surface area contributed by atoms with Crippen molar-refractivity contribution in [3.63, 3.8) is 0 Å².